The van der Waals surface area contributed by atoms with E-state index in [9.17, 15) is 12.8 Å². The van der Waals surface area contributed by atoms with Crippen molar-refractivity contribution in [3.05, 3.63) is 53.3 Å². The minimum Gasteiger partial charge on any atom is -0.497 e. The molecule has 0 spiro atoms. The fourth-order valence-electron chi connectivity index (χ4n) is 2.37. The molecule has 0 aromatic heterocycles. The summed E-state index contributed by atoms with van der Waals surface area (Å²) < 4.78 is 50.7. The van der Waals surface area contributed by atoms with E-state index in [-0.39, 0.29) is 11.4 Å². The van der Waals surface area contributed by atoms with Crippen LogP contribution in [0.25, 0.3) is 0 Å². The minimum absolute atomic E-state index is 0.0746. The smallest absolute Gasteiger partial charge is 0.240 e. The van der Waals surface area contributed by atoms with Crippen LogP contribution in [0.5, 0.6) is 11.5 Å². The van der Waals surface area contributed by atoms with Crippen LogP contribution < -0.4 is 14.2 Å². The lowest BCUT2D eigenvalue weighted by molar-refractivity contribution is 0.391. The maximum absolute atomic E-state index is 13.1. The molecule has 2 aromatic rings. The molecule has 0 aliphatic carbocycles. The van der Waals surface area contributed by atoms with Gasteiger partial charge in [0.1, 0.15) is 17.3 Å². The third-order valence-corrected chi connectivity index (χ3v) is 5.23. The van der Waals surface area contributed by atoms with Crippen molar-refractivity contribution in [1.29, 1.82) is 0 Å². The predicted octanol–water partition coefficient (Wildman–Crippen LogP) is 2.67. The summed E-state index contributed by atoms with van der Waals surface area (Å²) >= 11 is 0. The van der Waals surface area contributed by atoms with Crippen LogP contribution in [0, 0.1) is 12.7 Å². The first-order valence-electron chi connectivity index (χ1n) is 7.34. The molecule has 0 saturated heterocycles. The molecule has 130 valence electrons. The molecule has 0 fully saturated rings. The van der Waals surface area contributed by atoms with Crippen molar-refractivity contribution in [3.8, 4) is 11.5 Å². The monoisotopic (exact) mass is 353 g/mol. The Morgan fingerprint density at radius 2 is 1.83 bits per heavy atom. The number of benzene rings is 2. The zero-order valence-corrected chi connectivity index (χ0v) is 14.6. The van der Waals surface area contributed by atoms with Gasteiger partial charge in [-0.3, -0.25) is 0 Å². The molecule has 0 aliphatic rings. The van der Waals surface area contributed by atoms with Crippen molar-refractivity contribution in [2.24, 2.45) is 0 Å². The van der Waals surface area contributed by atoms with Gasteiger partial charge in [-0.15, -0.1) is 0 Å². The second kappa shape index (κ2) is 7.63. The zero-order chi connectivity index (χ0) is 17.7. The van der Waals surface area contributed by atoms with Gasteiger partial charge >= 0.3 is 0 Å². The topological polar surface area (TPSA) is 64.6 Å². The second-order valence-corrected chi connectivity index (χ2v) is 6.97. The SMILES string of the molecule is COc1ccc(CCNS(=O)(=O)c2ccc(F)cc2C)c(OC)c1. The molecule has 2 aromatic carbocycles. The summed E-state index contributed by atoms with van der Waals surface area (Å²) in [7, 11) is -0.583. The van der Waals surface area contributed by atoms with Crippen LogP contribution in [-0.4, -0.2) is 29.2 Å². The largest absolute Gasteiger partial charge is 0.497 e. The third kappa shape index (κ3) is 4.24. The van der Waals surface area contributed by atoms with Gasteiger partial charge in [-0.1, -0.05) is 6.07 Å². The molecule has 2 rings (SSSR count). The lowest BCUT2D eigenvalue weighted by Gasteiger charge is -2.12. The zero-order valence-electron chi connectivity index (χ0n) is 13.8. The van der Waals surface area contributed by atoms with Crippen molar-refractivity contribution in [3.63, 3.8) is 0 Å². The number of ether oxygens (including phenoxy) is 2. The highest BCUT2D eigenvalue weighted by Crippen LogP contribution is 2.25. The summed E-state index contributed by atoms with van der Waals surface area (Å²) in [5.41, 5.74) is 1.22. The van der Waals surface area contributed by atoms with Crippen LogP contribution in [0.15, 0.2) is 41.3 Å². The third-order valence-electron chi connectivity index (χ3n) is 3.61. The molecule has 0 atom stereocenters. The molecule has 7 heteroatoms. The fraction of sp³-hybridized carbons (Fsp3) is 0.294. The van der Waals surface area contributed by atoms with Crippen molar-refractivity contribution in [2.75, 3.05) is 20.8 Å². The first-order valence-corrected chi connectivity index (χ1v) is 8.82. The number of hydrogen-bond donors (Lipinski definition) is 1. The average molecular weight is 353 g/mol. The Balaban J connectivity index is 2.08. The number of rotatable bonds is 7. The molecule has 0 heterocycles. The number of methoxy groups -OCH3 is 2. The van der Waals surface area contributed by atoms with Gasteiger partial charge in [0.25, 0.3) is 0 Å². The van der Waals surface area contributed by atoms with E-state index in [1.54, 1.807) is 33.3 Å². The van der Waals surface area contributed by atoms with Gasteiger partial charge in [-0.2, -0.15) is 0 Å². The van der Waals surface area contributed by atoms with Gasteiger partial charge in [0, 0.05) is 12.6 Å². The van der Waals surface area contributed by atoms with E-state index in [1.807, 2.05) is 6.07 Å². The Labute approximate surface area is 141 Å². The molecule has 5 nitrogen and oxygen atoms in total. The van der Waals surface area contributed by atoms with Crippen molar-refractivity contribution in [1.82, 2.24) is 4.72 Å². The highest BCUT2D eigenvalue weighted by molar-refractivity contribution is 7.89. The maximum atomic E-state index is 13.1. The first kappa shape index (κ1) is 18.2. The van der Waals surface area contributed by atoms with Crippen LogP contribution >= 0.6 is 0 Å². The van der Waals surface area contributed by atoms with Crippen molar-refractivity contribution < 1.29 is 22.3 Å². The van der Waals surface area contributed by atoms with Gasteiger partial charge in [0.15, 0.2) is 0 Å². The van der Waals surface area contributed by atoms with E-state index in [1.165, 1.54) is 12.1 Å². The van der Waals surface area contributed by atoms with E-state index in [0.29, 0.717) is 23.5 Å². The molecule has 0 radical (unpaired) electrons. The summed E-state index contributed by atoms with van der Waals surface area (Å²) in [5.74, 6) is 0.832. The molecule has 1 N–H and O–H groups in total. The van der Waals surface area contributed by atoms with Gasteiger partial charge < -0.3 is 9.47 Å². The molecule has 0 amide bonds. The quantitative estimate of drug-likeness (QED) is 0.831. The Hall–Kier alpha value is -2.12. The molecular formula is C17H20FNO4S. The Morgan fingerprint density at radius 1 is 1.08 bits per heavy atom. The van der Waals surface area contributed by atoms with Crippen molar-refractivity contribution in [2.45, 2.75) is 18.2 Å². The normalized spacial score (nSPS) is 11.3. The van der Waals surface area contributed by atoms with E-state index in [2.05, 4.69) is 4.72 Å². The summed E-state index contributed by atoms with van der Waals surface area (Å²) in [6.45, 7) is 1.76. The Kier molecular flexibility index (Phi) is 5.80. The Morgan fingerprint density at radius 3 is 2.46 bits per heavy atom. The van der Waals surface area contributed by atoms with Crippen LogP contribution in [-0.2, 0) is 16.4 Å². The molecular weight excluding hydrogens is 333 g/mol. The number of sulfonamides is 1. The van der Waals surface area contributed by atoms with Crippen molar-refractivity contribution >= 4 is 10.0 Å². The summed E-state index contributed by atoms with van der Waals surface area (Å²) in [6.07, 6.45) is 0.451. The molecule has 0 bridgehead atoms. The summed E-state index contributed by atoms with van der Waals surface area (Å²) in [5, 5.41) is 0. The van der Waals surface area contributed by atoms with E-state index >= 15 is 0 Å². The van der Waals surface area contributed by atoms with Crippen LogP contribution in [0.3, 0.4) is 0 Å². The summed E-state index contributed by atoms with van der Waals surface area (Å²) in [6, 6.07) is 8.95. The lowest BCUT2D eigenvalue weighted by atomic mass is 10.1. The van der Waals surface area contributed by atoms with Gasteiger partial charge in [0.05, 0.1) is 19.1 Å². The Bertz CT molecular complexity index is 821. The van der Waals surface area contributed by atoms with Gasteiger partial charge in [-0.05, 0) is 48.7 Å². The number of aryl methyl sites for hydroxylation is 1. The standard InChI is InChI=1S/C17H20FNO4S/c1-12-10-14(18)5-7-17(12)24(20,21)19-9-8-13-4-6-15(22-2)11-16(13)23-3/h4-7,10-11,19H,8-9H2,1-3H3. The van der Waals surface area contributed by atoms with Gasteiger partial charge in [0.2, 0.25) is 10.0 Å². The molecule has 0 unspecified atom stereocenters. The highest BCUT2D eigenvalue weighted by Gasteiger charge is 2.17. The highest BCUT2D eigenvalue weighted by atomic mass is 32.2. The number of hydrogen-bond acceptors (Lipinski definition) is 4. The lowest BCUT2D eigenvalue weighted by Crippen LogP contribution is -2.26. The maximum Gasteiger partial charge on any atom is 0.240 e. The second-order valence-electron chi connectivity index (χ2n) is 5.24. The van der Waals surface area contributed by atoms with Gasteiger partial charge in [-0.25, -0.2) is 17.5 Å². The van der Waals surface area contributed by atoms with E-state index in [4.69, 9.17) is 9.47 Å². The molecule has 0 aliphatic heterocycles. The van der Waals surface area contributed by atoms with Crippen LogP contribution in [0.4, 0.5) is 4.39 Å². The predicted molar refractivity (Wildman–Crippen MR) is 89.6 cm³/mol. The first-order chi connectivity index (χ1) is 11.4. The number of halogens is 1. The summed E-state index contributed by atoms with van der Waals surface area (Å²) in [4.78, 5) is 0.0746. The minimum atomic E-state index is -3.69. The van der Waals surface area contributed by atoms with Crippen LogP contribution in [0.2, 0.25) is 0 Å². The van der Waals surface area contributed by atoms with E-state index in [0.717, 1.165) is 11.6 Å². The number of nitrogens with one attached hydrogen (secondary N) is 1. The molecule has 24 heavy (non-hydrogen) atoms. The molecule has 0 saturated carbocycles. The van der Waals surface area contributed by atoms with E-state index < -0.39 is 15.8 Å². The fourth-order valence-corrected chi connectivity index (χ4v) is 3.63. The van der Waals surface area contributed by atoms with Crippen LogP contribution in [0.1, 0.15) is 11.1 Å². The average Bonchev–Trinajstić information content (AvgIpc) is 2.54.